The van der Waals surface area contributed by atoms with E-state index in [2.05, 4.69) is 36.0 Å². The van der Waals surface area contributed by atoms with Gasteiger partial charge in [-0.2, -0.15) is 0 Å². The molecule has 1 saturated carbocycles. The van der Waals surface area contributed by atoms with E-state index in [1.165, 1.54) is 7.11 Å². The fraction of sp³-hybridized carbons (Fsp3) is 0.500. The topological polar surface area (TPSA) is 121 Å². The molecule has 178 valence electrons. The lowest BCUT2D eigenvalue weighted by molar-refractivity contribution is -0.134. The van der Waals surface area contributed by atoms with E-state index in [4.69, 9.17) is 0 Å². The number of benzene rings is 1. The lowest BCUT2D eigenvalue weighted by Gasteiger charge is -2.28. The van der Waals surface area contributed by atoms with E-state index < -0.39 is 22.0 Å². The number of aromatic amines is 1. The number of carbonyl (C=O) groups excluding carboxylic acids is 2. The number of nitrogens with one attached hydrogen (secondary N) is 2. The molecule has 2 unspecified atom stereocenters. The van der Waals surface area contributed by atoms with Gasteiger partial charge in [-0.05, 0) is 48.8 Å². The van der Waals surface area contributed by atoms with Crippen LogP contribution in [0.3, 0.4) is 0 Å². The number of hydrogen-bond acceptors (Lipinski definition) is 6. The van der Waals surface area contributed by atoms with Crippen LogP contribution in [-0.4, -0.2) is 67.0 Å². The Bertz CT molecular complexity index is 1140. The van der Waals surface area contributed by atoms with Crippen LogP contribution in [0.4, 0.5) is 4.79 Å². The number of methoxy groups -OCH3 is 1. The van der Waals surface area contributed by atoms with Gasteiger partial charge in [-0.1, -0.05) is 28.1 Å². The van der Waals surface area contributed by atoms with Crippen molar-refractivity contribution in [2.24, 2.45) is 5.41 Å². The fourth-order valence-electron chi connectivity index (χ4n) is 4.34. The number of aromatic nitrogens is 2. The Kier molecular flexibility index (Phi) is 6.54. The number of alkyl carbamates (subject to hydrolysis) is 1. The molecule has 1 aromatic carbocycles. The summed E-state index contributed by atoms with van der Waals surface area (Å²) in [6, 6.07) is 6.58. The zero-order chi connectivity index (χ0) is 23.8. The summed E-state index contributed by atoms with van der Waals surface area (Å²) in [7, 11) is -2.10. The van der Waals surface area contributed by atoms with Gasteiger partial charge in [-0.25, -0.2) is 18.2 Å². The van der Waals surface area contributed by atoms with Gasteiger partial charge in [-0.15, -0.1) is 0 Å². The van der Waals surface area contributed by atoms with Crippen LogP contribution in [0.5, 0.6) is 0 Å². The molecule has 2 atom stereocenters. The van der Waals surface area contributed by atoms with Gasteiger partial charge < -0.3 is 19.9 Å². The monoisotopic (exact) mass is 538 g/mol. The molecule has 2 amide bonds. The van der Waals surface area contributed by atoms with E-state index in [-0.39, 0.29) is 29.5 Å². The third-order valence-corrected chi connectivity index (χ3v) is 7.87. The summed E-state index contributed by atoms with van der Waals surface area (Å²) in [6.07, 6.45) is 4.92. The van der Waals surface area contributed by atoms with Crippen molar-refractivity contribution in [3.05, 3.63) is 40.8 Å². The molecular weight excluding hydrogens is 512 g/mol. The van der Waals surface area contributed by atoms with E-state index in [9.17, 15) is 18.0 Å². The van der Waals surface area contributed by atoms with Gasteiger partial charge >= 0.3 is 6.09 Å². The number of imidazole rings is 1. The summed E-state index contributed by atoms with van der Waals surface area (Å²) in [6.45, 7) is 0.559. The van der Waals surface area contributed by atoms with Crippen molar-refractivity contribution in [1.29, 1.82) is 0 Å². The molecule has 1 aromatic heterocycles. The molecule has 2 N–H and O–H groups in total. The van der Waals surface area contributed by atoms with Crippen molar-refractivity contribution in [3.63, 3.8) is 0 Å². The number of carbonyl (C=O) groups is 2. The van der Waals surface area contributed by atoms with Crippen molar-refractivity contribution in [2.45, 2.75) is 37.8 Å². The Labute approximate surface area is 201 Å². The van der Waals surface area contributed by atoms with Crippen LogP contribution in [-0.2, 0) is 19.4 Å². The molecule has 1 spiro atoms. The molecule has 1 aliphatic heterocycles. The number of likely N-dealkylation sites (tertiary alicyclic amines) is 1. The zero-order valence-electron chi connectivity index (χ0n) is 18.5. The maximum absolute atomic E-state index is 13.5. The smallest absolute Gasteiger partial charge is 0.407 e. The summed E-state index contributed by atoms with van der Waals surface area (Å²) in [5, 5.41) is 2.52. The minimum absolute atomic E-state index is 0.0225. The summed E-state index contributed by atoms with van der Waals surface area (Å²) in [5.74, 6) is 0.148. The minimum Gasteiger partial charge on any atom is -0.453 e. The van der Waals surface area contributed by atoms with Crippen molar-refractivity contribution < 1.29 is 22.7 Å². The van der Waals surface area contributed by atoms with Crippen LogP contribution < -0.4 is 5.32 Å². The van der Waals surface area contributed by atoms with Crippen LogP contribution in [0.1, 0.15) is 37.5 Å². The second-order valence-corrected chi connectivity index (χ2v) is 12.2. The highest BCUT2D eigenvalue weighted by molar-refractivity contribution is 9.10. The molecule has 2 aliphatic rings. The molecule has 1 saturated heterocycles. The first kappa shape index (κ1) is 23.7. The SMILES string of the molecule is COC(=O)NC(CCS(C)(=O)=O)C(=O)N1CC2(CC2)CC1c1ncc(-c2ccc(Br)cc2)[nH]1. The molecule has 4 rings (SSSR count). The largest absolute Gasteiger partial charge is 0.453 e. The lowest BCUT2D eigenvalue weighted by atomic mass is 10.0. The summed E-state index contributed by atoms with van der Waals surface area (Å²) < 4.78 is 29.0. The summed E-state index contributed by atoms with van der Waals surface area (Å²) in [4.78, 5) is 35.1. The van der Waals surface area contributed by atoms with Crippen molar-refractivity contribution >= 4 is 37.8 Å². The lowest BCUT2D eigenvalue weighted by Crippen LogP contribution is -2.49. The fourth-order valence-corrected chi connectivity index (χ4v) is 5.27. The van der Waals surface area contributed by atoms with Crippen molar-refractivity contribution in [2.75, 3.05) is 25.7 Å². The number of H-pyrrole nitrogens is 1. The third kappa shape index (κ3) is 5.57. The molecule has 2 fully saturated rings. The van der Waals surface area contributed by atoms with E-state index in [0.29, 0.717) is 12.4 Å². The van der Waals surface area contributed by atoms with Crippen molar-refractivity contribution in [1.82, 2.24) is 20.2 Å². The van der Waals surface area contributed by atoms with Gasteiger partial charge in [-0.3, -0.25) is 4.79 Å². The Hall–Kier alpha value is -2.40. The Balaban J connectivity index is 1.58. The van der Waals surface area contributed by atoms with Crippen LogP contribution in [0, 0.1) is 5.41 Å². The molecule has 2 aromatic rings. The summed E-state index contributed by atoms with van der Waals surface area (Å²) >= 11 is 3.43. The van der Waals surface area contributed by atoms with Crippen LogP contribution >= 0.6 is 15.9 Å². The van der Waals surface area contributed by atoms with Gasteiger partial charge in [0.15, 0.2) is 0 Å². The average molecular weight is 539 g/mol. The first-order chi connectivity index (χ1) is 15.6. The average Bonchev–Trinajstić information content (AvgIpc) is 3.18. The highest BCUT2D eigenvalue weighted by atomic mass is 79.9. The van der Waals surface area contributed by atoms with Gasteiger partial charge in [0.2, 0.25) is 5.91 Å². The molecular formula is C22H27BrN4O5S. The van der Waals surface area contributed by atoms with Gasteiger partial charge in [0.05, 0.1) is 30.8 Å². The van der Waals surface area contributed by atoms with Crippen LogP contribution in [0.15, 0.2) is 34.9 Å². The number of amides is 2. The normalized spacial score (nSPS) is 20.0. The molecule has 0 bridgehead atoms. The number of rotatable bonds is 7. The van der Waals surface area contributed by atoms with Gasteiger partial charge in [0.1, 0.15) is 21.7 Å². The predicted octanol–water partition coefficient (Wildman–Crippen LogP) is 3.05. The first-order valence-corrected chi connectivity index (χ1v) is 13.6. The standard InChI is InChI=1S/C22H27BrN4O5S/c1-32-21(29)26-16(7-10-33(2,30)31)20(28)27-13-22(8-9-22)11-18(27)19-24-12-17(25-19)14-3-5-15(23)6-4-14/h3-6,12,16,18H,7-11,13H2,1-2H3,(H,24,25)(H,26,29). The molecule has 9 nitrogen and oxygen atoms in total. The third-order valence-electron chi connectivity index (χ3n) is 6.37. The van der Waals surface area contributed by atoms with Gasteiger partial charge in [0.25, 0.3) is 0 Å². The van der Waals surface area contributed by atoms with E-state index in [1.807, 2.05) is 24.3 Å². The van der Waals surface area contributed by atoms with Crippen LogP contribution in [0.25, 0.3) is 11.3 Å². The Morgan fingerprint density at radius 3 is 2.64 bits per heavy atom. The highest BCUT2D eigenvalue weighted by Gasteiger charge is 2.55. The second kappa shape index (κ2) is 9.09. The molecule has 33 heavy (non-hydrogen) atoms. The molecule has 0 radical (unpaired) electrons. The first-order valence-electron chi connectivity index (χ1n) is 10.7. The number of sulfone groups is 1. The Morgan fingerprint density at radius 2 is 2.03 bits per heavy atom. The number of hydrogen-bond donors (Lipinski definition) is 2. The number of ether oxygens (including phenoxy) is 1. The maximum Gasteiger partial charge on any atom is 0.407 e. The quantitative estimate of drug-likeness (QED) is 0.558. The second-order valence-electron chi connectivity index (χ2n) is 8.98. The highest BCUT2D eigenvalue weighted by Crippen LogP contribution is 2.58. The summed E-state index contributed by atoms with van der Waals surface area (Å²) in [5.41, 5.74) is 1.90. The van der Waals surface area contributed by atoms with Crippen LogP contribution in [0.2, 0.25) is 0 Å². The predicted molar refractivity (Wildman–Crippen MR) is 126 cm³/mol. The maximum atomic E-state index is 13.5. The Morgan fingerprint density at radius 1 is 1.33 bits per heavy atom. The van der Waals surface area contributed by atoms with Gasteiger partial charge in [0, 0.05) is 17.3 Å². The van der Waals surface area contributed by atoms with E-state index in [0.717, 1.165) is 41.2 Å². The molecule has 11 heteroatoms. The van der Waals surface area contributed by atoms with E-state index in [1.54, 1.807) is 11.1 Å². The number of nitrogens with zero attached hydrogens (tertiary/aromatic N) is 2. The zero-order valence-corrected chi connectivity index (χ0v) is 20.9. The molecule has 2 heterocycles. The molecule has 1 aliphatic carbocycles. The number of halogens is 1. The van der Waals surface area contributed by atoms with Crippen molar-refractivity contribution in [3.8, 4) is 11.3 Å². The minimum atomic E-state index is -3.31. The van der Waals surface area contributed by atoms with E-state index >= 15 is 0 Å².